The predicted octanol–water partition coefficient (Wildman–Crippen LogP) is 2.95. The lowest BCUT2D eigenvalue weighted by Gasteiger charge is -2.28. The number of ether oxygens (including phenoxy) is 1. The molecule has 1 unspecified atom stereocenters. The fourth-order valence-electron chi connectivity index (χ4n) is 2.83. The third-order valence-corrected chi connectivity index (χ3v) is 4.04. The van der Waals surface area contributed by atoms with E-state index < -0.39 is 6.10 Å². The summed E-state index contributed by atoms with van der Waals surface area (Å²) >= 11 is 0. The van der Waals surface area contributed by atoms with E-state index >= 15 is 0 Å². The Morgan fingerprint density at radius 2 is 2.04 bits per heavy atom. The zero-order chi connectivity index (χ0) is 15.9. The summed E-state index contributed by atoms with van der Waals surface area (Å²) in [5, 5.41) is 10.1. The summed E-state index contributed by atoms with van der Waals surface area (Å²) in [6.07, 6.45) is 4.43. The largest absolute Gasteiger partial charge is 0.467 e. The Labute approximate surface area is 137 Å². The van der Waals surface area contributed by atoms with Gasteiger partial charge in [0.2, 0.25) is 0 Å². The lowest BCUT2D eigenvalue weighted by atomic mass is 9.99. The molecule has 1 atom stereocenters. The lowest BCUT2D eigenvalue weighted by molar-refractivity contribution is 0.00658. The fraction of sp³-hybridized carbons (Fsp3) is 0.368. The van der Waals surface area contributed by atoms with Gasteiger partial charge in [0.25, 0.3) is 0 Å². The minimum absolute atomic E-state index is 0.326. The molecule has 0 radical (unpaired) electrons. The molecule has 1 aliphatic heterocycles. The number of furan rings is 1. The molecular weight excluding hydrogens is 290 g/mol. The first-order valence-corrected chi connectivity index (χ1v) is 8.06. The van der Waals surface area contributed by atoms with Crippen LogP contribution in [0.3, 0.4) is 0 Å². The highest BCUT2D eigenvalue weighted by molar-refractivity contribution is 5.66. The smallest absolute Gasteiger partial charge is 0.129 e. The van der Waals surface area contributed by atoms with Crippen LogP contribution in [0.1, 0.15) is 17.7 Å². The second kappa shape index (κ2) is 8.11. The standard InChI is InChI=1S/C19H23NO3/c21-18(14-22-15-19-7-4-12-23-19)13-20-10-8-17(9-11-20)16-5-2-1-3-6-16/h1-8,12,18,21H,9-11,13-15H2. The third-order valence-electron chi connectivity index (χ3n) is 4.04. The van der Waals surface area contributed by atoms with Gasteiger partial charge in [-0.3, -0.25) is 4.90 Å². The first-order valence-electron chi connectivity index (χ1n) is 8.06. The number of hydrogen-bond donors (Lipinski definition) is 1. The van der Waals surface area contributed by atoms with Crippen LogP contribution < -0.4 is 0 Å². The Balaban J connectivity index is 1.40. The predicted molar refractivity (Wildman–Crippen MR) is 89.8 cm³/mol. The van der Waals surface area contributed by atoms with Crippen LogP contribution in [0.2, 0.25) is 0 Å². The second-order valence-electron chi connectivity index (χ2n) is 5.85. The number of nitrogens with zero attached hydrogens (tertiary/aromatic N) is 1. The van der Waals surface area contributed by atoms with Crippen molar-refractivity contribution in [2.45, 2.75) is 19.1 Å². The molecule has 0 spiro atoms. The maximum Gasteiger partial charge on any atom is 0.129 e. The van der Waals surface area contributed by atoms with E-state index in [1.54, 1.807) is 6.26 Å². The number of rotatable bonds is 7. The minimum Gasteiger partial charge on any atom is -0.467 e. The van der Waals surface area contributed by atoms with Gasteiger partial charge in [-0.2, -0.15) is 0 Å². The van der Waals surface area contributed by atoms with Crippen LogP contribution in [0, 0.1) is 0 Å². The van der Waals surface area contributed by atoms with Crippen molar-refractivity contribution in [2.75, 3.05) is 26.2 Å². The van der Waals surface area contributed by atoms with Gasteiger partial charge in [0.15, 0.2) is 0 Å². The lowest BCUT2D eigenvalue weighted by Crippen LogP contribution is -2.37. The zero-order valence-corrected chi connectivity index (χ0v) is 13.2. The van der Waals surface area contributed by atoms with Crippen LogP contribution in [0.5, 0.6) is 0 Å². The van der Waals surface area contributed by atoms with Crippen molar-refractivity contribution in [2.24, 2.45) is 0 Å². The molecule has 3 rings (SSSR count). The number of benzene rings is 1. The summed E-state index contributed by atoms with van der Waals surface area (Å²) in [6, 6.07) is 14.2. The van der Waals surface area contributed by atoms with E-state index in [-0.39, 0.29) is 0 Å². The van der Waals surface area contributed by atoms with Gasteiger partial charge in [-0.1, -0.05) is 36.4 Å². The van der Waals surface area contributed by atoms with Crippen LogP contribution in [-0.4, -0.2) is 42.4 Å². The fourth-order valence-corrected chi connectivity index (χ4v) is 2.83. The molecule has 1 N–H and O–H groups in total. The van der Waals surface area contributed by atoms with Gasteiger partial charge >= 0.3 is 0 Å². The van der Waals surface area contributed by atoms with Crippen LogP contribution in [-0.2, 0) is 11.3 Å². The average Bonchev–Trinajstić information content (AvgIpc) is 3.10. The van der Waals surface area contributed by atoms with Crippen molar-refractivity contribution < 1.29 is 14.3 Å². The van der Waals surface area contributed by atoms with Crippen LogP contribution in [0.25, 0.3) is 5.57 Å². The van der Waals surface area contributed by atoms with Crippen LogP contribution in [0.15, 0.2) is 59.2 Å². The number of β-amino-alcohol motifs (C(OH)–C–C–N with tert-alkyl or cyclic N) is 1. The molecule has 122 valence electrons. The van der Waals surface area contributed by atoms with Crippen LogP contribution in [0.4, 0.5) is 0 Å². The van der Waals surface area contributed by atoms with Crippen molar-refractivity contribution in [3.05, 3.63) is 66.1 Å². The SMILES string of the molecule is OC(COCc1ccco1)CN1CC=C(c2ccccc2)CC1. The highest BCUT2D eigenvalue weighted by Gasteiger charge is 2.16. The summed E-state index contributed by atoms with van der Waals surface area (Å²) in [4.78, 5) is 2.26. The maximum atomic E-state index is 10.1. The average molecular weight is 313 g/mol. The first kappa shape index (κ1) is 16.0. The molecule has 0 amide bonds. The van der Waals surface area contributed by atoms with E-state index in [9.17, 15) is 5.11 Å². The van der Waals surface area contributed by atoms with E-state index in [0.717, 1.165) is 25.3 Å². The van der Waals surface area contributed by atoms with Gasteiger partial charge < -0.3 is 14.3 Å². The van der Waals surface area contributed by atoms with Gasteiger partial charge in [-0.05, 0) is 29.7 Å². The summed E-state index contributed by atoms with van der Waals surface area (Å²) in [5.74, 6) is 0.783. The van der Waals surface area contributed by atoms with Gasteiger partial charge in [0, 0.05) is 19.6 Å². The molecule has 1 aliphatic rings. The highest BCUT2D eigenvalue weighted by Crippen LogP contribution is 2.21. The van der Waals surface area contributed by atoms with Crippen LogP contribution >= 0.6 is 0 Å². The van der Waals surface area contributed by atoms with Crippen molar-refractivity contribution in [3.63, 3.8) is 0 Å². The highest BCUT2D eigenvalue weighted by atomic mass is 16.5. The first-order chi connectivity index (χ1) is 11.3. The van der Waals surface area contributed by atoms with Gasteiger partial charge in [-0.15, -0.1) is 0 Å². The second-order valence-corrected chi connectivity index (χ2v) is 5.85. The Hall–Kier alpha value is -1.88. The van der Waals surface area contributed by atoms with E-state index in [4.69, 9.17) is 9.15 Å². The number of aliphatic hydroxyl groups excluding tert-OH is 1. The molecule has 2 heterocycles. The van der Waals surface area contributed by atoms with Crippen molar-refractivity contribution in [1.82, 2.24) is 4.90 Å². The quantitative estimate of drug-likeness (QED) is 0.854. The van der Waals surface area contributed by atoms with Crippen molar-refractivity contribution in [3.8, 4) is 0 Å². The van der Waals surface area contributed by atoms with Gasteiger partial charge in [0.05, 0.1) is 19.0 Å². The Kier molecular flexibility index (Phi) is 5.64. The zero-order valence-electron chi connectivity index (χ0n) is 13.2. The third kappa shape index (κ3) is 4.79. The molecule has 0 saturated carbocycles. The molecule has 0 saturated heterocycles. The summed E-state index contributed by atoms with van der Waals surface area (Å²) in [6.45, 7) is 3.21. The van der Waals surface area contributed by atoms with E-state index in [2.05, 4.69) is 35.2 Å². The number of aliphatic hydroxyl groups is 1. The Morgan fingerprint density at radius 1 is 1.17 bits per heavy atom. The molecular formula is C19H23NO3. The minimum atomic E-state index is -0.475. The molecule has 0 bridgehead atoms. The molecule has 1 aromatic carbocycles. The van der Waals surface area contributed by atoms with Gasteiger partial charge in [0.1, 0.15) is 12.4 Å². The summed E-state index contributed by atoms with van der Waals surface area (Å²) in [7, 11) is 0. The molecule has 0 fully saturated rings. The van der Waals surface area contributed by atoms with E-state index in [1.165, 1.54) is 11.1 Å². The summed E-state index contributed by atoms with van der Waals surface area (Å²) in [5.41, 5.74) is 2.69. The normalized spacial score (nSPS) is 17.0. The molecule has 2 aromatic rings. The molecule has 1 aromatic heterocycles. The Bertz CT molecular complexity index is 607. The number of hydrogen-bond acceptors (Lipinski definition) is 4. The molecule has 0 aliphatic carbocycles. The van der Waals surface area contributed by atoms with Gasteiger partial charge in [-0.25, -0.2) is 0 Å². The molecule has 23 heavy (non-hydrogen) atoms. The Morgan fingerprint density at radius 3 is 2.74 bits per heavy atom. The van der Waals surface area contributed by atoms with Crippen molar-refractivity contribution in [1.29, 1.82) is 0 Å². The summed E-state index contributed by atoms with van der Waals surface area (Å²) < 4.78 is 10.7. The topological polar surface area (TPSA) is 45.8 Å². The van der Waals surface area contributed by atoms with E-state index in [1.807, 2.05) is 18.2 Å². The van der Waals surface area contributed by atoms with E-state index in [0.29, 0.717) is 19.8 Å². The monoisotopic (exact) mass is 313 g/mol. The molecule has 4 nitrogen and oxygen atoms in total. The maximum absolute atomic E-state index is 10.1. The van der Waals surface area contributed by atoms with Crippen molar-refractivity contribution >= 4 is 5.57 Å². The molecule has 4 heteroatoms.